The highest BCUT2D eigenvalue weighted by molar-refractivity contribution is 5.93. The van der Waals surface area contributed by atoms with E-state index in [9.17, 15) is 5.26 Å². The molecule has 10 rings (SSSR count). The molecule has 0 saturated heterocycles. The Kier molecular flexibility index (Phi) is 8.46. The first-order valence-corrected chi connectivity index (χ1v) is 19.7. The topological polar surface area (TPSA) is 49.6 Å². The molecule has 56 heavy (non-hydrogen) atoms. The Balaban J connectivity index is 0.956. The van der Waals surface area contributed by atoms with Crippen LogP contribution in [-0.2, 0) is 5.41 Å². The molecule has 3 heteroatoms. The Hall–Kier alpha value is -6.89. The summed E-state index contributed by atoms with van der Waals surface area (Å²) >= 11 is 0. The molecule has 2 aliphatic rings. The lowest BCUT2D eigenvalue weighted by Gasteiger charge is -2.36. The second-order valence-electron chi connectivity index (χ2n) is 15.2. The first-order chi connectivity index (χ1) is 27.7. The maximum atomic E-state index is 9.83. The summed E-state index contributed by atoms with van der Waals surface area (Å²) in [5.41, 5.74) is 18.2. The van der Waals surface area contributed by atoms with Crippen LogP contribution in [0, 0.1) is 11.3 Å². The molecule has 1 spiro atoms. The molecule has 266 valence electrons. The van der Waals surface area contributed by atoms with Crippen LogP contribution in [0.5, 0.6) is 0 Å². The molecular weight excluding hydrogens is 679 g/mol. The minimum Gasteiger partial charge on any atom is -0.228 e. The molecule has 0 unspecified atom stereocenters. The van der Waals surface area contributed by atoms with Crippen molar-refractivity contribution < 1.29 is 0 Å². The zero-order valence-corrected chi connectivity index (χ0v) is 31.1. The van der Waals surface area contributed by atoms with Crippen molar-refractivity contribution in [3.63, 3.8) is 0 Å². The lowest BCUT2D eigenvalue weighted by Crippen LogP contribution is -2.28. The molecule has 0 N–H and O–H groups in total. The van der Waals surface area contributed by atoms with Crippen LogP contribution in [-0.4, -0.2) is 9.97 Å². The van der Waals surface area contributed by atoms with Crippen molar-refractivity contribution in [2.24, 2.45) is 0 Å². The monoisotopic (exact) mass is 717 g/mol. The summed E-state index contributed by atoms with van der Waals surface area (Å²) in [5, 5.41) is 9.83. The van der Waals surface area contributed by atoms with E-state index >= 15 is 0 Å². The van der Waals surface area contributed by atoms with Crippen molar-refractivity contribution in [2.45, 2.75) is 37.5 Å². The number of hydrogen-bond acceptors (Lipinski definition) is 3. The number of nitriles is 1. The van der Waals surface area contributed by atoms with Gasteiger partial charge in [-0.3, -0.25) is 0 Å². The van der Waals surface area contributed by atoms with E-state index in [4.69, 9.17) is 9.97 Å². The van der Waals surface area contributed by atoms with Gasteiger partial charge >= 0.3 is 0 Å². The summed E-state index contributed by atoms with van der Waals surface area (Å²) in [6, 6.07) is 64.7. The summed E-state index contributed by atoms with van der Waals surface area (Å²) in [6.45, 7) is 0. The standard InChI is InChI=1S/C53H39N3/c54-35-36-20-29-47-46(32-36)51-45(18-11-19-48(51)53(47)30-8-3-9-31-53)39-25-21-37(22-26-39)43-16-10-17-44(33-43)38-23-27-41(28-24-38)50-34-49(40-12-4-1-5-13-40)55-52(56-50)42-14-6-2-7-15-42/h1-2,4-7,10-29,32-34H,3,8-9,30-31H2. The van der Waals surface area contributed by atoms with Crippen molar-refractivity contribution in [2.75, 3.05) is 0 Å². The van der Waals surface area contributed by atoms with Gasteiger partial charge in [-0.25, -0.2) is 9.97 Å². The highest BCUT2D eigenvalue weighted by Gasteiger charge is 2.44. The fourth-order valence-electron chi connectivity index (χ4n) is 9.18. The molecule has 1 aromatic heterocycles. The molecule has 1 fully saturated rings. The van der Waals surface area contributed by atoms with E-state index in [1.165, 1.54) is 82.2 Å². The Morgan fingerprint density at radius 3 is 1.61 bits per heavy atom. The van der Waals surface area contributed by atoms with Gasteiger partial charge in [0.25, 0.3) is 0 Å². The molecular formula is C53H39N3. The van der Waals surface area contributed by atoms with Gasteiger partial charge < -0.3 is 0 Å². The molecule has 0 bridgehead atoms. The van der Waals surface area contributed by atoms with E-state index < -0.39 is 0 Å². The maximum Gasteiger partial charge on any atom is 0.160 e. The number of fused-ring (bicyclic) bond motifs is 5. The van der Waals surface area contributed by atoms with Crippen molar-refractivity contribution in [1.29, 1.82) is 5.26 Å². The van der Waals surface area contributed by atoms with Gasteiger partial charge in [-0.15, -0.1) is 0 Å². The van der Waals surface area contributed by atoms with Gasteiger partial charge in [0.05, 0.1) is 23.0 Å². The average Bonchev–Trinajstić information content (AvgIpc) is 3.55. The SMILES string of the molecule is N#Cc1ccc2c(c1)-c1c(-c3ccc(-c4cccc(-c5ccc(-c6cc(-c7ccccc7)nc(-c7ccccc7)n6)cc5)c4)cc3)cccc1C21CCCCC1. The van der Waals surface area contributed by atoms with Crippen LogP contribution in [0.3, 0.4) is 0 Å². The van der Waals surface area contributed by atoms with E-state index in [0.717, 1.165) is 39.2 Å². The number of nitrogens with zero attached hydrogens (tertiary/aromatic N) is 3. The van der Waals surface area contributed by atoms with Crippen molar-refractivity contribution in [3.05, 3.63) is 193 Å². The van der Waals surface area contributed by atoms with Gasteiger partial charge in [0, 0.05) is 22.1 Å². The van der Waals surface area contributed by atoms with Crippen molar-refractivity contribution in [1.82, 2.24) is 9.97 Å². The van der Waals surface area contributed by atoms with Crippen LogP contribution in [0.2, 0.25) is 0 Å². The van der Waals surface area contributed by atoms with E-state index in [2.05, 4.69) is 140 Å². The second-order valence-corrected chi connectivity index (χ2v) is 15.2. The minimum absolute atomic E-state index is 0.0521. The van der Waals surface area contributed by atoms with Crippen LogP contribution in [0.1, 0.15) is 48.8 Å². The van der Waals surface area contributed by atoms with E-state index in [1.807, 2.05) is 42.5 Å². The number of hydrogen-bond donors (Lipinski definition) is 0. The van der Waals surface area contributed by atoms with E-state index in [-0.39, 0.29) is 5.41 Å². The van der Waals surface area contributed by atoms with Crippen LogP contribution in [0.4, 0.5) is 0 Å². The zero-order chi connectivity index (χ0) is 37.5. The fraction of sp³-hybridized carbons (Fsp3) is 0.113. The predicted octanol–water partition coefficient (Wildman–Crippen LogP) is 13.6. The number of rotatable bonds is 6. The Labute approximate surface area is 328 Å². The van der Waals surface area contributed by atoms with Gasteiger partial charge in [0.15, 0.2) is 5.82 Å². The minimum atomic E-state index is 0.0521. The van der Waals surface area contributed by atoms with Gasteiger partial charge in [-0.2, -0.15) is 5.26 Å². The summed E-state index contributed by atoms with van der Waals surface area (Å²) < 4.78 is 0. The third kappa shape index (κ3) is 5.92. The van der Waals surface area contributed by atoms with Gasteiger partial charge in [0.2, 0.25) is 0 Å². The molecule has 7 aromatic carbocycles. The van der Waals surface area contributed by atoms with E-state index in [0.29, 0.717) is 5.82 Å². The van der Waals surface area contributed by atoms with Crippen LogP contribution >= 0.6 is 0 Å². The first-order valence-electron chi connectivity index (χ1n) is 19.7. The second kappa shape index (κ2) is 14.1. The normalized spacial score (nSPS) is 13.8. The molecule has 1 heterocycles. The smallest absolute Gasteiger partial charge is 0.160 e. The third-order valence-corrected chi connectivity index (χ3v) is 12.0. The highest BCUT2D eigenvalue weighted by atomic mass is 14.9. The predicted molar refractivity (Wildman–Crippen MR) is 229 cm³/mol. The summed E-state index contributed by atoms with van der Waals surface area (Å²) in [5.74, 6) is 0.715. The van der Waals surface area contributed by atoms with Crippen molar-refractivity contribution >= 4 is 0 Å². The van der Waals surface area contributed by atoms with E-state index in [1.54, 1.807) is 0 Å². The molecule has 8 aromatic rings. The molecule has 0 atom stereocenters. The average molecular weight is 718 g/mol. The van der Waals surface area contributed by atoms with Crippen LogP contribution in [0.25, 0.3) is 78.4 Å². The maximum absolute atomic E-state index is 9.83. The molecule has 3 nitrogen and oxygen atoms in total. The van der Waals surface area contributed by atoms with Gasteiger partial charge in [-0.05, 0) is 92.7 Å². The van der Waals surface area contributed by atoms with Crippen LogP contribution < -0.4 is 0 Å². The molecule has 2 aliphatic carbocycles. The molecule has 0 aliphatic heterocycles. The largest absolute Gasteiger partial charge is 0.228 e. The fourth-order valence-corrected chi connectivity index (χ4v) is 9.18. The number of benzene rings is 7. The lowest BCUT2D eigenvalue weighted by molar-refractivity contribution is 0.353. The first kappa shape index (κ1) is 33.7. The van der Waals surface area contributed by atoms with Crippen molar-refractivity contribution in [3.8, 4) is 84.5 Å². The third-order valence-electron chi connectivity index (χ3n) is 12.0. The molecule has 1 saturated carbocycles. The Morgan fingerprint density at radius 2 is 0.964 bits per heavy atom. The highest BCUT2D eigenvalue weighted by Crippen LogP contribution is 2.58. The van der Waals surface area contributed by atoms with Gasteiger partial charge in [0.1, 0.15) is 0 Å². The van der Waals surface area contributed by atoms with Crippen LogP contribution in [0.15, 0.2) is 176 Å². The zero-order valence-electron chi connectivity index (χ0n) is 31.1. The molecule has 0 radical (unpaired) electrons. The van der Waals surface area contributed by atoms with Gasteiger partial charge in [-0.1, -0.05) is 171 Å². The Bertz CT molecular complexity index is 2700. The summed E-state index contributed by atoms with van der Waals surface area (Å²) in [7, 11) is 0. The summed E-state index contributed by atoms with van der Waals surface area (Å²) in [4.78, 5) is 9.97. The molecule has 0 amide bonds. The lowest BCUT2D eigenvalue weighted by atomic mass is 9.67. The summed E-state index contributed by atoms with van der Waals surface area (Å²) in [6.07, 6.45) is 6.13. The number of aromatic nitrogens is 2. The Morgan fingerprint density at radius 1 is 0.411 bits per heavy atom. The quantitative estimate of drug-likeness (QED) is 0.172.